The van der Waals surface area contributed by atoms with Crippen molar-refractivity contribution in [1.82, 2.24) is 10.6 Å². The van der Waals surface area contributed by atoms with Crippen LogP contribution in [0.25, 0.3) is 0 Å². The van der Waals surface area contributed by atoms with Gasteiger partial charge in [-0.25, -0.2) is 0 Å². The van der Waals surface area contributed by atoms with Crippen LogP contribution < -0.4 is 15.4 Å². The molecule has 2 aromatic rings. The van der Waals surface area contributed by atoms with Crippen LogP contribution in [0.3, 0.4) is 0 Å². The third-order valence-corrected chi connectivity index (χ3v) is 5.73. The first-order valence-corrected chi connectivity index (χ1v) is 11.1. The summed E-state index contributed by atoms with van der Waals surface area (Å²) >= 11 is 5.81. The van der Waals surface area contributed by atoms with Gasteiger partial charge in [0.25, 0.3) is 11.8 Å². The highest BCUT2D eigenvalue weighted by atomic mass is 35.5. The van der Waals surface area contributed by atoms with Gasteiger partial charge in [0.2, 0.25) is 0 Å². The minimum atomic E-state index is -0.743. The Morgan fingerprint density at radius 1 is 0.844 bits per heavy atom. The molecule has 0 bridgehead atoms. The molecule has 1 aliphatic carbocycles. The predicted molar refractivity (Wildman–Crippen MR) is 121 cm³/mol. The van der Waals surface area contributed by atoms with Crippen LogP contribution in [0.1, 0.15) is 52.8 Å². The van der Waals surface area contributed by atoms with Crippen LogP contribution in [0.15, 0.2) is 48.5 Å². The molecule has 2 amide bonds. The minimum Gasteiger partial charge on any atom is -0.490 e. The molecule has 1 fully saturated rings. The number of benzene rings is 2. The van der Waals surface area contributed by atoms with E-state index >= 15 is 0 Å². The lowest BCUT2D eigenvalue weighted by Gasteiger charge is -2.28. The largest absolute Gasteiger partial charge is 0.490 e. The van der Waals surface area contributed by atoms with Crippen molar-refractivity contribution < 1.29 is 24.2 Å². The molecule has 7 nitrogen and oxygen atoms in total. The van der Waals surface area contributed by atoms with E-state index in [1.165, 1.54) is 0 Å². The van der Waals surface area contributed by atoms with Gasteiger partial charge in [-0.05, 0) is 80.1 Å². The second kappa shape index (κ2) is 11.5. The highest BCUT2D eigenvalue weighted by Gasteiger charge is 2.24. The Bertz CT molecular complexity index is 922. The number of aliphatic carboxylic acids is 1. The second-order valence-electron chi connectivity index (χ2n) is 7.90. The predicted octanol–water partition coefficient (Wildman–Crippen LogP) is 3.91. The number of carboxylic acid groups (broad SMARTS) is 1. The van der Waals surface area contributed by atoms with Gasteiger partial charge in [0.05, 0.1) is 6.10 Å². The normalized spacial score (nSPS) is 17.9. The van der Waals surface area contributed by atoms with Crippen molar-refractivity contribution in [2.45, 2.75) is 38.2 Å². The first kappa shape index (κ1) is 23.6. The van der Waals surface area contributed by atoms with Crippen LogP contribution in [-0.4, -0.2) is 42.1 Å². The molecule has 0 unspecified atom stereocenters. The SMILES string of the molecule is O=C(O)C[C@H]1CC[C@H](Oc2ccc(C(=O)NCCNC(=O)c3ccc(Cl)cc3)cc2)CC1. The molecule has 0 spiro atoms. The lowest BCUT2D eigenvalue weighted by Crippen LogP contribution is -2.34. The number of carbonyl (C=O) groups excluding carboxylic acids is 2. The number of halogens is 1. The average molecular weight is 459 g/mol. The number of hydrogen-bond acceptors (Lipinski definition) is 4. The van der Waals surface area contributed by atoms with E-state index in [4.69, 9.17) is 21.4 Å². The van der Waals surface area contributed by atoms with Crippen LogP contribution in [0.4, 0.5) is 0 Å². The first-order valence-electron chi connectivity index (χ1n) is 10.7. The fourth-order valence-electron chi connectivity index (χ4n) is 3.74. The molecule has 3 rings (SSSR count). The van der Waals surface area contributed by atoms with E-state index in [-0.39, 0.29) is 30.3 Å². The Labute approximate surface area is 192 Å². The number of hydrogen-bond donors (Lipinski definition) is 3. The summed E-state index contributed by atoms with van der Waals surface area (Å²) in [5.41, 5.74) is 1.01. The van der Waals surface area contributed by atoms with E-state index in [1.807, 2.05) is 0 Å². The summed E-state index contributed by atoms with van der Waals surface area (Å²) in [5, 5.41) is 15.0. The van der Waals surface area contributed by atoms with E-state index in [9.17, 15) is 14.4 Å². The fraction of sp³-hybridized carbons (Fsp3) is 0.375. The van der Waals surface area contributed by atoms with Gasteiger partial charge in [0.1, 0.15) is 5.75 Å². The van der Waals surface area contributed by atoms with Gasteiger partial charge >= 0.3 is 5.97 Å². The smallest absolute Gasteiger partial charge is 0.303 e. The standard InChI is InChI=1S/C24H27ClN2O5/c25-19-7-3-17(4-8-19)23(30)26-13-14-27-24(31)18-5-11-21(12-6-18)32-20-9-1-16(2-10-20)15-22(28)29/h3-8,11-12,16,20H,1-2,9-10,13-15H2,(H,26,30)(H,27,31)(H,28,29)/t16-,20-. The van der Waals surface area contributed by atoms with Gasteiger partial charge in [-0.2, -0.15) is 0 Å². The van der Waals surface area contributed by atoms with Crippen LogP contribution >= 0.6 is 11.6 Å². The summed E-state index contributed by atoms with van der Waals surface area (Å²) in [4.78, 5) is 35.1. The second-order valence-corrected chi connectivity index (χ2v) is 8.34. The molecule has 32 heavy (non-hydrogen) atoms. The van der Waals surface area contributed by atoms with Gasteiger partial charge in [-0.3, -0.25) is 14.4 Å². The van der Waals surface area contributed by atoms with Crippen molar-refractivity contribution in [1.29, 1.82) is 0 Å². The highest BCUT2D eigenvalue weighted by Crippen LogP contribution is 2.29. The van der Waals surface area contributed by atoms with Gasteiger partial charge < -0.3 is 20.5 Å². The maximum Gasteiger partial charge on any atom is 0.303 e. The van der Waals surface area contributed by atoms with E-state index in [0.717, 1.165) is 25.7 Å². The zero-order chi connectivity index (χ0) is 22.9. The quantitative estimate of drug-likeness (QED) is 0.494. The zero-order valence-electron chi connectivity index (χ0n) is 17.7. The summed E-state index contributed by atoms with van der Waals surface area (Å²) in [6, 6.07) is 13.5. The molecule has 2 aromatic carbocycles. The van der Waals surface area contributed by atoms with Crippen molar-refractivity contribution in [3.05, 3.63) is 64.7 Å². The van der Waals surface area contributed by atoms with E-state index in [2.05, 4.69) is 10.6 Å². The molecule has 3 N–H and O–H groups in total. The van der Waals surface area contributed by atoms with Crippen molar-refractivity contribution in [3.8, 4) is 5.75 Å². The zero-order valence-corrected chi connectivity index (χ0v) is 18.4. The van der Waals surface area contributed by atoms with E-state index < -0.39 is 5.97 Å². The summed E-state index contributed by atoms with van der Waals surface area (Å²) in [6.45, 7) is 0.606. The van der Waals surface area contributed by atoms with Crippen molar-refractivity contribution in [3.63, 3.8) is 0 Å². The molecule has 170 valence electrons. The number of carbonyl (C=O) groups is 3. The summed E-state index contributed by atoms with van der Waals surface area (Å²) in [7, 11) is 0. The third kappa shape index (κ3) is 7.27. The topological polar surface area (TPSA) is 105 Å². The van der Waals surface area contributed by atoms with Crippen LogP contribution in [-0.2, 0) is 4.79 Å². The lowest BCUT2D eigenvalue weighted by atomic mass is 9.85. The molecular weight excluding hydrogens is 432 g/mol. The molecule has 0 heterocycles. The average Bonchev–Trinajstić information content (AvgIpc) is 2.78. The van der Waals surface area contributed by atoms with Crippen molar-refractivity contribution in [2.24, 2.45) is 5.92 Å². The minimum absolute atomic E-state index is 0.0731. The highest BCUT2D eigenvalue weighted by molar-refractivity contribution is 6.30. The Balaban J connectivity index is 1.37. The van der Waals surface area contributed by atoms with Crippen molar-refractivity contribution in [2.75, 3.05) is 13.1 Å². The maximum absolute atomic E-state index is 12.3. The molecule has 0 radical (unpaired) electrons. The Hall–Kier alpha value is -3.06. The fourth-order valence-corrected chi connectivity index (χ4v) is 3.86. The Morgan fingerprint density at radius 3 is 1.84 bits per heavy atom. The van der Waals surface area contributed by atoms with Crippen LogP contribution in [0.5, 0.6) is 5.75 Å². The molecule has 0 aliphatic heterocycles. The summed E-state index contributed by atoms with van der Waals surface area (Å²) in [5.74, 6) is -0.277. The monoisotopic (exact) mass is 458 g/mol. The lowest BCUT2D eigenvalue weighted by molar-refractivity contribution is -0.138. The number of amides is 2. The number of nitrogens with one attached hydrogen (secondary N) is 2. The Kier molecular flexibility index (Phi) is 8.50. The van der Waals surface area contributed by atoms with Gasteiger partial charge in [-0.15, -0.1) is 0 Å². The first-order chi connectivity index (χ1) is 15.4. The molecule has 1 saturated carbocycles. The number of ether oxygens (including phenoxy) is 1. The van der Waals surface area contributed by atoms with Crippen LogP contribution in [0.2, 0.25) is 5.02 Å². The molecule has 0 atom stereocenters. The molecule has 0 saturated heterocycles. The molecule has 0 aromatic heterocycles. The van der Waals surface area contributed by atoms with Gasteiger partial charge in [-0.1, -0.05) is 11.6 Å². The summed E-state index contributed by atoms with van der Waals surface area (Å²) in [6.07, 6.45) is 3.67. The molecule has 1 aliphatic rings. The van der Waals surface area contributed by atoms with Gasteiger partial charge in [0, 0.05) is 35.7 Å². The van der Waals surface area contributed by atoms with Gasteiger partial charge in [0.15, 0.2) is 0 Å². The molecule has 8 heteroatoms. The van der Waals surface area contributed by atoms with Crippen molar-refractivity contribution >= 4 is 29.4 Å². The van der Waals surface area contributed by atoms with E-state index in [1.54, 1.807) is 48.5 Å². The van der Waals surface area contributed by atoms with Crippen LogP contribution in [0, 0.1) is 5.92 Å². The number of rotatable bonds is 9. The Morgan fingerprint density at radius 2 is 1.34 bits per heavy atom. The third-order valence-electron chi connectivity index (χ3n) is 5.48. The molecular formula is C24H27ClN2O5. The van der Waals surface area contributed by atoms with E-state index in [0.29, 0.717) is 35.0 Å². The maximum atomic E-state index is 12.3. The summed E-state index contributed by atoms with van der Waals surface area (Å²) < 4.78 is 5.98. The number of carboxylic acids is 1.